The zero-order valence-corrected chi connectivity index (χ0v) is 12.5. The van der Waals surface area contributed by atoms with Crippen molar-refractivity contribution in [1.29, 1.82) is 0 Å². The molecule has 0 bridgehead atoms. The van der Waals surface area contributed by atoms with Crippen molar-refractivity contribution in [2.75, 3.05) is 13.7 Å². The summed E-state index contributed by atoms with van der Waals surface area (Å²) in [6, 6.07) is 15.4. The fourth-order valence-corrected chi connectivity index (χ4v) is 2.05. The Balaban J connectivity index is 2.35. The van der Waals surface area contributed by atoms with E-state index in [9.17, 15) is 4.79 Å². The van der Waals surface area contributed by atoms with Crippen molar-refractivity contribution in [3.8, 4) is 16.9 Å². The van der Waals surface area contributed by atoms with Gasteiger partial charge in [-0.05, 0) is 35.7 Å². The highest BCUT2D eigenvalue weighted by molar-refractivity contribution is 5.91. The highest BCUT2D eigenvalue weighted by Crippen LogP contribution is 2.26. The number of hydrogen-bond donors (Lipinski definition) is 0. The first-order valence-electron chi connectivity index (χ1n) is 7.16. The van der Waals surface area contributed by atoms with Crippen LogP contribution in [0.1, 0.15) is 30.1 Å². The maximum atomic E-state index is 11.8. The molecule has 0 radical (unpaired) electrons. The second-order valence-electron chi connectivity index (χ2n) is 4.81. The van der Waals surface area contributed by atoms with Crippen molar-refractivity contribution in [1.82, 2.24) is 0 Å². The Morgan fingerprint density at radius 3 is 2.48 bits per heavy atom. The van der Waals surface area contributed by atoms with Crippen molar-refractivity contribution in [2.45, 2.75) is 19.8 Å². The lowest BCUT2D eigenvalue weighted by Gasteiger charge is -2.10. The largest absolute Gasteiger partial charge is 0.494 e. The van der Waals surface area contributed by atoms with Crippen LogP contribution in [0.3, 0.4) is 0 Å². The molecule has 0 saturated heterocycles. The van der Waals surface area contributed by atoms with E-state index in [2.05, 4.69) is 6.92 Å². The van der Waals surface area contributed by atoms with E-state index in [1.165, 1.54) is 7.11 Å². The lowest BCUT2D eigenvalue weighted by atomic mass is 10.0. The molecule has 0 atom stereocenters. The minimum atomic E-state index is -0.354. The fourth-order valence-electron chi connectivity index (χ4n) is 2.05. The van der Waals surface area contributed by atoms with Gasteiger partial charge in [0.2, 0.25) is 0 Å². The molecule has 3 heteroatoms. The average Bonchev–Trinajstić information content (AvgIpc) is 2.55. The maximum Gasteiger partial charge on any atom is 0.338 e. The van der Waals surface area contributed by atoms with Crippen LogP contribution >= 0.6 is 0 Å². The minimum absolute atomic E-state index is 0.354. The average molecular weight is 284 g/mol. The van der Waals surface area contributed by atoms with Crippen LogP contribution in [0.15, 0.2) is 48.5 Å². The summed E-state index contributed by atoms with van der Waals surface area (Å²) in [7, 11) is 1.38. The number of carbonyl (C=O) groups is 1. The third-order valence-corrected chi connectivity index (χ3v) is 3.20. The van der Waals surface area contributed by atoms with Crippen LogP contribution in [0.4, 0.5) is 0 Å². The first kappa shape index (κ1) is 15.1. The molecule has 0 unspecified atom stereocenters. The monoisotopic (exact) mass is 284 g/mol. The Morgan fingerprint density at radius 2 is 1.81 bits per heavy atom. The first-order valence-corrected chi connectivity index (χ1v) is 7.16. The zero-order chi connectivity index (χ0) is 15.1. The third kappa shape index (κ3) is 4.09. The summed E-state index contributed by atoms with van der Waals surface area (Å²) in [5.41, 5.74) is 2.50. The van der Waals surface area contributed by atoms with Gasteiger partial charge in [-0.25, -0.2) is 4.79 Å². The maximum absolute atomic E-state index is 11.8. The van der Waals surface area contributed by atoms with Crippen molar-refractivity contribution in [2.24, 2.45) is 0 Å². The lowest BCUT2D eigenvalue weighted by molar-refractivity contribution is 0.0600. The predicted octanol–water partition coefficient (Wildman–Crippen LogP) is 4.32. The smallest absolute Gasteiger partial charge is 0.338 e. The van der Waals surface area contributed by atoms with E-state index >= 15 is 0 Å². The molecular weight excluding hydrogens is 264 g/mol. The standard InChI is InChI=1S/C18H20O3/c1-3-4-10-21-17-12-15(14-8-6-5-7-9-14)11-16(13-17)18(19)20-2/h5-9,11-13H,3-4,10H2,1-2H3. The highest BCUT2D eigenvalue weighted by Gasteiger charge is 2.10. The lowest BCUT2D eigenvalue weighted by Crippen LogP contribution is -2.03. The van der Waals surface area contributed by atoms with Gasteiger partial charge in [0.1, 0.15) is 5.75 Å². The second-order valence-corrected chi connectivity index (χ2v) is 4.81. The predicted molar refractivity (Wildman–Crippen MR) is 83.6 cm³/mol. The van der Waals surface area contributed by atoms with E-state index in [1.54, 1.807) is 6.07 Å². The zero-order valence-electron chi connectivity index (χ0n) is 12.5. The van der Waals surface area contributed by atoms with Crippen molar-refractivity contribution >= 4 is 5.97 Å². The van der Waals surface area contributed by atoms with Gasteiger partial charge in [-0.3, -0.25) is 0 Å². The van der Waals surface area contributed by atoms with Gasteiger partial charge >= 0.3 is 5.97 Å². The van der Waals surface area contributed by atoms with Crippen molar-refractivity contribution < 1.29 is 14.3 Å². The van der Waals surface area contributed by atoms with Crippen LogP contribution in [0.2, 0.25) is 0 Å². The Labute approximate surface area is 125 Å². The number of ether oxygens (including phenoxy) is 2. The van der Waals surface area contributed by atoms with Gasteiger partial charge in [0.25, 0.3) is 0 Å². The Bertz CT molecular complexity index is 591. The van der Waals surface area contributed by atoms with Gasteiger partial charge in [-0.1, -0.05) is 43.7 Å². The van der Waals surface area contributed by atoms with Crippen LogP contribution in [0.25, 0.3) is 11.1 Å². The minimum Gasteiger partial charge on any atom is -0.494 e. The summed E-state index contributed by atoms with van der Waals surface area (Å²) >= 11 is 0. The summed E-state index contributed by atoms with van der Waals surface area (Å²) in [6.07, 6.45) is 2.06. The Kier molecular flexibility index (Phi) is 5.38. The molecule has 0 aliphatic carbocycles. The topological polar surface area (TPSA) is 35.5 Å². The van der Waals surface area contributed by atoms with E-state index in [0.717, 1.165) is 24.0 Å². The molecule has 3 nitrogen and oxygen atoms in total. The Hall–Kier alpha value is -2.29. The van der Waals surface area contributed by atoms with E-state index < -0.39 is 0 Å². The van der Waals surface area contributed by atoms with Crippen LogP contribution in [-0.4, -0.2) is 19.7 Å². The molecule has 0 aliphatic heterocycles. The van der Waals surface area contributed by atoms with Gasteiger partial charge < -0.3 is 9.47 Å². The van der Waals surface area contributed by atoms with Crippen molar-refractivity contribution in [3.05, 3.63) is 54.1 Å². The molecule has 2 aromatic rings. The van der Waals surface area contributed by atoms with E-state index in [1.807, 2.05) is 42.5 Å². The highest BCUT2D eigenvalue weighted by atomic mass is 16.5. The number of methoxy groups -OCH3 is 1. The molecule has 0 heterocycles. The summed E-state index contributed by atoms with van der Waals surface area (Å²) in [5.74, 6) is 0.346. The number of benzene rings is 2. The summed E-state index contributed by atoms with van der Waals surface area (Å²) < 4.78 is 10.5. The van der Waals surface area contributed by atoms with Crippen LogP contribution in [-0.2, 0) is 4.74 Å². The van der Waals surface area contributed by atoms with Gasteiger partial charge in [0, 0.05) is 0 Å². The van der Waals surface area contributed by atoms with Gasteiger partial charge in [0.15, 0.2) is 0 Å². The van der Waals surface area contributed by atoms with Gasteiger partial charge in [-0.2, -0.15) is 0 Å². The number of hydrogen-bond acceptors (Lipinski definition) is 3. The fraction of sp³-hybridized carbons (Fsp3) is 0.278. The van der Waals surface area contributed by atoms with Crippen LogP contribution in [0.5, 0.6) is 5.75 Å². The van der Waals surface area contributed by atoms with Crippen molar-refractivity contribution in [3.63, 3.8) is 0 Å². The Morgan fingerprint density at radius 1 is 1.05 bits per heavy atom. The molecule has 110 valence electrons. The molecule has 0 N–H and O–H groups in total. The van der Waals surface area contributed by atoms with Gasteiger partial charge in [-0.15, -0.1) is 0 Å². The molecule has 0 saturated carbocycles. The summed E-state index contributed by atoms with van der Waals surface area (Å²) in [5, 5.41) is 0. The first-order chi connectivity index (χ1) is 10.2. The third-order valence-electron chi connectivity index (χ3n) is 3.20. The van der Waals surface area contributed by atoms with Crippen LogP contribution < -0.4 is 4.74 Å². The molecule has 2 aromatic carbocycles. The molecule has 0 aliphatic rings. The molecule has 0 spiro atoms. The van der Waals surface area contributed by atoms with E-state index in [4.69, 9.17) is 9.47 Å². The molecule has 21 heavy (non-hydrogen) atoms. The molecular formula is C18H20O3. The molecule has 0 amide bonds. The number of esters is 1. The SMILES string of the molecule is CCCCOc1cc(C(=O)OC)cc(-c2ccccc2)c1. The van der Waals surface area contributed by atoms with Crippen LogP contribution in [0, 0.1) is 0 Å². The van der Waals surface area contributed by atoms with Gasteiger partial charge in [0.05, 0.1) is 19.3 Å². The second kappa shape index (κ2) is 7.48. The molecule has 0 fully saturated rings. The summed E-state index contributed by atoms with van der Waals surface area (Å²) in [4.78, 5) is 11.8. The normalized spacial score (nSPS) is 10.2. The molecule has 0 aromatic heterocycles. The summed E-state index contributed by atoms with van der Waals surface area (Å²) in [6.45, 7) is 2.76. The number of carbonyl (C=O) groups excluding carboxylic acids is 1. The van der Waals surface area contributed by atoms with E-state index in [0.29, 0.717) is 17.9 Å². The number of rotatable bonds is 6. The number of unbranched alkanes of at least 4 members (excludes halogenated alkanes) is 1. The molecule has 2 rings (SSSR count). The van der Waals surface area contributed by atoms with E-state index in [-0.39, 0.29) is 5.97 Å². The quantitative estimate of drug-likeness (QED) is 0.585.